The quantitative estimate of drug-likeness (QED) is 0.127. The number of rotatable bonds is 9. The van der Waals surface area contributed by atoms with Gasteiger partial charge in [0.15, 0.2) is 0 Å². The summed E-state index contributed by atoms with van der Waals surface area (Å²) in [5, 5.41) is 26.5. The normalized spacial score (nSPS) is 17.6. The Kier molecular flexibility index (Phi) is 11.7. The van der Waals surface area contributed by atoms with Crippen molar-refractivity contribution in [3.8, 4) is 11.5 Å². The molecule has 0 unspecified atom stereocenters. The van der Waals surface area contributed by atoms with E-state index in [9.17, 15) is 14.7 Å². The number of aryl methyl sites for hydroxylation is 2. The maximum Gasteiger partial charge on any atom is 0.306 e. The predicted molar refractivity (Wildman–Crippen MR) is 251 cm³/mol. The van der Waals surface area contributed by atoms with Gasteiger partial charge in [0.1, 0.15) is 56.5 Å². The number of piperidine rings is 1. The Hall–Kier alpha value is -5.74. The van der Waals surface area contributed by atoms with Crippen LogP contribution in [0.1, 0.15) is 46.6 Å². The van der Waals surface area contributed by atoms with E-state index in [0.717, 1.165) is 114 Å². The summed E-state index contributed by atoms with van der Waals surface area (Å²) in [6, 6.07) is 8.26. The minimum Gasteiger partial charge on any atom is -0.494 e. The number of aliphatic carboxylic acids is 1. The van der Waals surface area contributed by atoms with Gasteiger partial charge in [-0.15, -0.1) is 32.9 Å². The van der Waals surface area contributed by atoms with E-state index in [2.05, 4.69) is 73.6 Å². The molecule has 1 saturated heterocycles. The lowest BCUT2D eigenvalue weighted by Gasteiger charge is -2.37. The van der Waals surface area contributed by atoms with Crippen molar-refractivity contribution >= 4 is 121 Å². The van der Waals surface area contributed by atoms with Crippen molar-refractivity contribution < 1.29 is 24.2 Å². The maximum atomic E-state index is 13.4. The second kappa shape index (κ2) is 17.7. The fraction of sp³-hybridized carbons (Fsp3) is 0.395. The highest BCUT2D eigenvalue weighted by molar-refractivity contribution is 7.19. The molecule has 2 aromatic carbocycles. The van der Waals surface area contributed by atoms with Crippen LogP contribution in [0.4, 0.5) is 23.0 Å². The molecule has 330 valence electrons. The van der Waals surface area contributed by atoms with Gasteiger partial charge in [-0.2, -0.15) is 0 Å². The summed E-state index contributed by atoms with van der Waals surface area (Å²) in [5.41, 5.74) is 5.62. The van der Waals surface area contributed by atoms with Gasteiger partial charge < -0.3 is 35.0 Å². The number of likely N-dealkylation sites (tertiary alicyclic amines) is 1. The molecule has 0 saturated carbocycles. The second-order valence-electron chi connectivity index (χ2n) is 16.4. The van der Waals surface area contributed by atoms with Crippen LogP contribution in [0, 0.1) is 11.8 Å². The smallest absolute Gasteiger partial charge is 0.306 e. The first-order chi connectivity index (χ1) is 31.1. The highest BCUT2D eigenvalue weighted by atomic mass is 32.1. The van der Waals surface area contributed by atoms with Crippen molar-refractivity contribution in [3.05, 3.63) is 57.8 Å². The largest absolute Gasteiger partial charge is 0.494 e. The molecule has 0 radical (unpaired) electrons. The van der Waals surface area contributed by atoms with Crippen LogP contribution in [0.25, 0.3) is 40.9 Å². The number of fused-ring (bicyclic) bond motifs is 8. The van der Waals surface area contributed by atoms with Gasteiger partial charge >= 0.3 is 5.97 Å². The van der Waals surface area contributed by atoms with Gasteiger partial charge in [-0.25, -0.2) is 19.9 Å². The van der Waals surface area contributed by atoms with Gasteiger partial charge in [0, 0.05) is 46.9 Å². The zero-order valence-corrected chi connectivity index (χ0v) is 38.7. The van der Waals surface area contributed by atoms with Gasteiger partial charge in [-0.1, -0.05) is 8.98 Å². The van der Waals surface area contributed by atoms with Crippen LogP contribution >= 0.6 is 45.7 Å². The highest BCUT2D eigenvalue weighted by Gasteiger charge is 2.34. The Balaban J connectivity index is 0.000000156. The number of amides is 1. The molecule has 1 amide bonds. The monoisotopic (exact) mass is 936 g/mol. The summed E-state index contributed by atoms with van der Waals surface area (Å²) in [6.45, 7) is 1.72. The molecule has 2 atom stereocenters. The standard InChI is InChI=1S/C25H29N7O2S2.C18H15N5O3S2/c1-31(2)15-6-8-32(9-7-15)25(33)14-4-5-16-20(10-14)35-24-22(16)23(26-13-27-24)28-17-12-21-18(29-30-36-21)11-19(17)34-3;1-26-12-5-11-14(28-23-22-11)6-10(12)21-16-15-9-3-2-8(18(24)25)4-13(9)27-17(15)20-7-19-16/h11-15H,4-10H2,1-3H3,(H,26,27,28);5-8H,2-4H2,1H3,(H,24,25)(H,19,20,21)/t14-;8-/m00/s1. The number of thiophene rings is 2. The van der Waals surface area contributed by atoms with Crippen LogP contribution in [0.3, 0.4) is 0 Å². The molecule has 8 aromatic rings. The summed E-state index contributed by atoms with van der Waals surface area (Å²) in [6.07, 6.45) is 9.63. The third-order valence-corrected chi connectivity index (χ3v) is 16.2. The number of benzene rings is 2. The van der Waals surface area contributed by atoms with Crippen molar-refractivity contribution in [1.82, 2.24) is 48.9 Å². The average Bonchev–Trinajstić information content (AvgIpc) is 4.13. The molecular weight excluding hydrogens is 893 g/mol. The van der Waals surface area contributed by atoms with E-state index < -0.39 is 5.97 Å². The molecule has 11 rings (SSSR count). The maximum absolute atomic E-state index is 13.4. The lowest BCUT2D eigenvalue weighted by atomic mass is 9.86. The van der Waals surface area contributed by atoms with Gasteiger partial charge in [-0.05, 0) is 112 Å². The number of aromatic nitrogens is 8. The molecule has 1 aliphatic heterocycles. The Labute approximate surface area is 383 Å². The molecule has 6 aromatic heterocycles. The molecule has 3 aliphatic rings. The Morgan fingerprint density at radius 2 is 1.22 bits per heavy atom. The Morgan fingerprint density at radius 1 is 0.719 bits per heavy atom. The molecule has 0 spiro atoms. The van der Waals surface area contributed by atoms with Gasteiger partial charge in [0.05, 0.1) is 51.7 Å². The van der Waals surface area contributed by atoms with Crippen LogP contribution in [0.15, 0.2) is 36.9 Å². The minimum atomic E-state index is -0.733. The van der Waals surface area contributed by atoms with Crippen LogP contribution in [0.2, 0.25) is 0 Å². The third kappa shape index (κ3) is 8.03. The van der Waals surface area contributed by atoms with E-state index in [4.69, 9.17) is 9.47 Å². The van der Waals surface area contributed by atoms with Gasteiger partial charge in [0.25, 0.3) is 0 Å². The summed E-state index contributed by atoms with van der Waals surface area (Å²) in [5.74, 6) is 2.12. The number of hydrogen-bond acceptors (Lipinski definition) is 19. The van der Waals surface area contributed by atoms with E-state index in [0.29, 0.717) is 48.5 Å². The minimum absolute atomic E-state index is 0.0483. The first kappa shape index (κ1) is 42.2. The molecule has 1 fully saturated rings. The number of carbonyl (C=O) groups excluding carboxylic acids is 1. The fourth-order valence-electron chi connectivity index (χ4n) is 9.10. The number of methoxy groups -OCH3 is 2. The molecule has 2 aliphatic carbocycles. The lowest BCUT2D eigenvalue weighted by molar-refractivity contribution is -0.142. The molecule has 3 N–H and O–H groups in total. The first-order valence-corrected chi connectivity index (χ1v) is 24.2. The predicted octanol–water partition coefficient (Wildman–Crippen LogP) is 7.74. The summed E-state index contributed by atoms with van der Waals surface area (Å²) >= 11 is 5.92. The fourth-order valence-corrected chi connectivity index (χ4v) is 12.8. The van der Waals surface area contributed by atoms with Crippen molar-refractivity contribution in [3.63, 3.8) is 0 Å². The average molecular weight is 937 g/mol. The van der Waals surface area contributed by atoms with Crippen molar-refractivity contribution in [1.29, 1.82) is 0 Å². The van der Waals surface area contributed by atoms with Crippen LogP contribution in [-0.4, -0.2) is 113 Å². The Morgan fingerprint density at radius 3 is 1.70 bits per heavy atom. The van der Waals surface area contributed by atoms with Crippen LogP contribution in [-0.2, 0) is 35.3 Å². The Bertz CT molecular complexity index is 3050. The number of ether oxygens (including phenoxy) is 2. The van der Waals surface area contributed by atoms with E-state index in [1.165, 1.54) is 39.8 Å². The second-order valence-corrected chi connectivity index (χ2v) is 20.1. The zero-order chi connectivity index (χ0) is 44.1. The number of nitrogens with one attached hydrogen (secondary N) is 2. The topological polar surface area (TPSA) is 206 Å². The molecule has 7 heterocycles. The summed E-state index contributed by atoms with van der Waals surface area (Å²) in [7, 11) is 7.51. The molecule has 17 nitrogen and oxygen atoms in total. The lowest BCUT2D eigenvalue weighted by Crippen LogP contribution is -2.47. The summed E-state index contributed by atoms with van der Waals surface area (Å²) < 4.78 is 21.1. The van der Waals surface area contributed by atoms with Crippen molar-refractivity contribution in [2.45, 2.75) is 57.4 Å². The number of anilines is 4. The van der Waals surface area contributed by atoms with E-state index in [1.54, 1.807) is 43.2 Å². The number of nitrogens with zero attached hydrogens (tertiary/aromatic N) is 10. The van der Waals surface area contributed by atoms with Crippen molar-refractivity contribution in [2.75, 3.05) is 52.0 Å². The number of hydrogen-bond donors (Lipinski definition) is 3. The summed E-state index contributed by atoms with van der Waals surface area (Å²) in [4.78, 5) is 51.3. The van der Waals surface area contributed by atoms with Crippen LogP contribution in [0.5, 0.6) is 11.5 Å². The SMILES string of the molecule is COc1cc2nnsc2cc1Nc1ncnc2sc3c(c12)CC[C@H](C(=O)N1CCC(N(C)C)CC1)C3.COc1cc2nnsc2cc1Nc1ncnc2sc3c(c12)CC[C@H](C(=O)O)C3. The third-order valence-electron chi connectivity index (χ3n) is 12.5. The highest BCUT2D eigenvalue weighted by Crippen LogP contribution is 2.44. The molecule has 0 bridgehead atoms. The first-order valence-electron chi connectivity index (χ1n) is 21.0. The van der Waals surface area contributed by atoms with E-state index >= 15 is 0 Å². The number of carbonyl (C=O) groups is 2. The molecular formula is C43H44N12O5S4. The van der Waals surface area contributed by atoms with Gasteiger partial charge in [-0.3, -0.25) is 9.59 Å². The van der Waals surface area contributed by atoms with E-state index in [-0.39, 0.29) is 11.8 Å². The number of carboxylic acids is 1. The number of carboxylic acid groups (broad SMARTS) is 1. The van der Waals surface area contributed by atoms with Gasteiger partial charge in [0.2, 0.25) is 5.91 Å². The zero-order valence-electron chi connectivity index (χ0n) is 35.5. The van der Waals surface area contributed by atoms with E-state index in [1.807, 2.05) is 24.3 Å². The van der Waals surface area contributed by atoms with Crippen LogP contribution < -0.4 is 20.1 Å². The molecule has 21 heteroatoms. The molecule has 64 heavy (non-hydrogen) atoms. The van der Waals surface area contributed by atoms with Crippen molar-refractivity contribution in [2.24, 2.45) is 11.8 Å².